The number of nitrogen functional groups attached to an aromatic ring is 1. The zero-order valence-electron chi connectivity index (χ0n) is 11.9. The van der Waals surface area contributed by atoms with Gasteiger partial charge in [0, 0.05) is 11.1 Å². The topological polar surface area (TPSA) is 116 Å². The highest BCUT2D eigenvalue weighted by Crippen LogP contribution is 2.40. The SMILES string of the molecule is N#Cc1c(N)[nH]c(=O)c(C#N)c1-c1cc(F)cc2c1OCCC2. The quantitative estimate of drug-likeness (QED) is 0.833. The van der Waals surface area contributed by atoms with Crippen LogP contribution >= 0.6 is 0 Å². The van der Waals surface area contributed by atoms with Crippen LogP contribution in [0.3, 0.4) is 0 Å². The van der Waals surface area contributed by atoms with Gasteiger partial charge in [0.25, 0.3) is 5.56 Å². The number of nitriles is 2. The molecule has 0 unspecified atom stereocenters. The summed E-state index contributed by atoms with van der Waals surface area (Å²) in [5.41, 5.74) is 5.43. The van der Waals surface area contributed by atoms with Gasteiger partial charge in [-0.2, -0.15) is 10.5 Å². The zero-order valence-corrected chi connectivity index (χ0v) is 11.9. The summed E-state index contributed by atoms with van der Waals surface area (Å²) in [5.74, 6) is -0.313. The van der Waals surface area contributed by atoms with E-state index in [0.29, 0.717) is 24.3 Å². The Kier molecular flexibility index (Phi) is 3.47. The van der Waals surface area contributed by atoms with Crippen molar-refractivity contribution in [3.8, 4) is 29.0 Å². The molecule has 0 spiro atoms. The number of hydrogen-bond donors (Lipinski definition) is 2. The zero-order chi connectivity index (χ0) is 16.6. The first-order chi connectivity index (χ1) is 11.1. The summed E-state index contributed by atoms with van der Waals surface area (Å²) in [4.78, 5) is 14.2. The van der Waals surface area contributed by atoms with Gasteiger partial charge in [0.15, 0.2) is 0 Å². The Morgan fingerprint density at radius 2 is 2.00 bits per heavy atom. The van der Waals surface area contributed by atoms with Gasteiger partial charge in [0.2, 0.25) is 0 Å². The maximum atomic E-state index is 14.0. The van der Waals surface area contributed by atoms with E-state index < -0.39 is 11.4 Å². The molecule has 1 aliphatic rings. The number of ether oxygens (including phenoxy) is 1. The monoisotopic (exact) mass is 310 g/mol. The fraction of sp³-hybridized carbons (Fsp3) is 0.188. The number of nitrogens with zero attached hydrogens (tertiary/aromatic N) is 2. The van der Waals surface area contributed by atoms with Gasteiger partial charge in [0.05, 0.1) is 6.61 Å². The highest BCUT2D eigenvalue weighted by molar-refractivity contribution is 5.84. The number of nitrogens with one attached hydrogen (secondary N) is 1. The number of nitrogens with two attached hydrogens (primary N) is 1. The summed E-state index contributed by atoms with van der Waals surface area (Å²) in [7, 11) is 0. The number of rotatable bonds is 1. The summed E-state index contributed by atoms with van der Waals surface area (Å²) >= 11 is 0. The Morgan fingerprint density at radius 1 is 1.26 bits per heavy atom. The van der Waals surface area contributed by atoms with Crippen LogP contribution in [0.5, 0.6) is 5.75 Å². The Hall–Kier alpha value is -3.32. The van der Waals surface area contributed by atoms with E-state index in [1.54, 1.807) is 6.07 Å². The minimum atomic E-state index is -0.729. The molecule has 3 N–H and O–H groups in total. The van der Waals surface area contributed by atoms with E-state index in [2.05, 4.69) is 4.98 Å². The molecule has 3 rings (SSSR count). The van der Waals surface area contributed by atoms with Crippen LogP contribution in [0.4, 0.5) is 10.2 Å². The van der Waals surface area contributed by atoms with E-state index in [-0.39, 0.29) is 28.1 Å². The molecule has 0 radical (unpaired) electrons. The van der Waals surface area contributed by atoms with Gasteiger partial charge < -0.3 is 15.5 Å². The van der Waals surface area contributed by atoms with Crippen LogP contribution in [0.2, 0.25) is 0 Å². The normalized spacial score (nSPS) is 12.7. The molecule has 7 heteroatoms. The van der Waals surface area contributed by atoms with E-state index >= 15 is 0 Å². The molecule has 1 aromatic heterocycles. The first kappa shape index (κ1) is 14.6. The van der Waals surface area contributed by atoms with Crippen molar-refractivity contribution < 1.29 is 9.13 Å². The molecule has 0 fully saturated rings. The number of aromatic amines is 1. The van der Waals surface area contributed by atoms with Gasteiger partial charge in [-0.3, -0.25) is 4.79 Å². The minimum Gasteiger partial charge on any atom is -0.493 e. The second-order valence-electron chi connectivity index (χ2n) is 5.11. The summed E-state index contributed by atoms with van der Waals surface area (Å²) in [6.07, 6.45) is 1.35. The Morgan fingerprint density at radius 3 is 2.70 bits per heavy atom. The number of fused-ring (bicyclic) bond motifs is 1. The lowest BCUT2D eigenvalue weighted by Gasteiger charge is -2.21. The molecule has 2 aromatic rings. The summed E-state index contributed by atoms with van der Waals surface area (Å²) in [6, 6.07) is 6.14. The van der Waals surface area contributed by atoms with Gasteiger partial charge in [0.1, 0.15) is 40.6 Å². The number of halogens is 1. The van der Waals surface area contributed by atoms with E-state index in [4.69, 9.17) is 10.5 Å². The van der Waals surface area contributed by atoms with Crippen LogP contribution in [0.15, 0.2) is 16.9 Å². The summed E-state index contributed by atoms with van der Waals surface area (Å²) in [5, 5.41) is 18.6. The number of anilines is 1. The molecule has 23 heavy (non-hydrogen) atoms. The lowest BCUT2D eigenvalue weighted by molar-refractivity contribution is 0.289. The second kappa shape index (κ2) is 5.47. The van der Waals surface area contributed by atoms with Crippen molar-refractivity contribution in [3.63, 3.8) is 0 Å². The highest BCUT2D eigenvalue weighted by atomic mass is 19.1. The van der Waals surface area contributed by atoms with Crippen molar-refractivity contribution in [3.05, 3.63) is 45.0 Å². The molecule has 0 bridgehead atoms. The number of hydrogen-bond acceptors (Lipinski definition) is 5. The number of pyridine rings is 1. The van der Waals surface area contributed by atoms with E-state index in [0.717, 1.165) is 12.5 Å². The number of aryl methyl sites for hydroxylation is 1. The van der Waals surface area contributed by atoms with Gasteiger partial charge in [-0.15, -0.1) is 0 Å². The lowest BCUT2D eigenvalue weighted by Crippen LogP contribution is -2.17. The van der Waals surface area contributed by atoms with Crippen LogP contribution in [-0.4, -0.2) is 11.6 Å². The van der Waals surface area contributed by atoms with Crippen molar-refractivity contribution in [2.24, 2.45) is 0 Å². The standard InChI is InChI=1S/C16H11FN4O2/c17-9-4-8-2-1-3-23-14(8)10(5-9)13-11(6-18)15(20)21-16(22)12(13)7-19/h4-5H,1-3H2,(H3,20,21,22). The highest BCUT2D eigenvalue weighted by Gasteiger charge is 2.25. The average molecular weight is 310 g/mol. The molecule has 0 saturated carbocycles. The van der Waals surface area contributed by atoms with Crippen molar-refractivity contribution in [1.29, 1.82) is 10.5 Å². The summed E-state index contributed by atoms with van der Waals surface area (Å²) < 4.78 is 19.6. The molecule has 0 saturated heterocycles. The van der Waals surface area contributed by atoms with Gasteiger partial charge >= 0.3 is 0 Å². The fourth-order valence-electron chi connectivity index (χ4n) is 2.74. The molecule has 1 aromatic carbocycles. The lowest BCUT2D eigenvalue weighted by atomic mass is 9.92. The maximum Gasteiger partial charge on any atom is 0.268 e. The van der Waals surface area contributed by atoms with Crippen molar-refractivity contribution in [2.45, 2.75) is 12.8 Å². The van der Waals surface area contributed by atoms with Crippen LogP contribution in [0.25, 0.3) is 11.1 Å². The van der Waals surface area contributed by atoms with Gasteiger partial charge in [-0.25, -0.2) is 4.39 Å². The smallest absolute Gasteiger partial charge is 0.268 e. The molecule has 2 heterocycles. The molecule has 0 amide bonds. The molecular weight excluding hydrogens is 299 g/mol. The Balaban J connectivity index is 2.46. The second-order valence-corrected chi connectivity index (χ2v) is 5.11. The third-order valence-electron chi connectivity index (χ3n) is 3.71. The van der Waals surface area contributed by atoms with Crippen LogP contribution in [-0.2, 0) is 6.42 Å². The predicted octanol–water partition coefficient (Wildman–Crippen LogP) is 1.83. The predicted molar refractivity (Wildman–Crippen MR) is 80.1 cm³/mol. The Labute approximate surface area is 130 Å². The van der Waals surface area contributed by atoms with Crippen molar-refractivity contribution >= 4 is 5.82 Å². The number of H-pyrrole nitrogens is 1. The van der Waals surface area contributed by atoms with Crippen LogP contribution < -0.4 is 16.0 Å². The third-order valence-corrected chi connectivity index (χ3v) is 3.71. The first-order valence-electron chi connectivity index (χ1n) is 6.88. The van der Waals surface area contributed by atoms with Crippen LogP contribution in [0.1, 0.15) is 23.1 Å². The van der Waals surface area contributed by atoms with Crippen molar-refractivity contribution in [1.82, 2.24) is 4.98 Å². The van der Waals surface area contributed by atoms with Gasteiger partial charge in [-0.1, -0.05) is 0 Å². The van der Waals surface area contributed by atoms with Gasteiger partial charge in [-0.05, 0) is 30.5 Å². The van der Waals surface area contributed by atoms with E-state index in [9.17, 15) is 19.7 Å². The number of aromatic nitrogens is 1. The third kappa shape index (κ3) is 2.29. The number of benzene rings is 1. The molecule has 0 atom stereocenters. The van der Waals surface area contributed by atoms with Crippen LogP contribution in [0, 0.1) is 28.5 Å². The molecule has 114 valence electrons. The van der Waals surface area contributed by atoms with E-state index in [1.165, 1.54) is 6.07 Å². The van der Waals surface area contributed by atoms with Crippen molar-refractivity contribution in [2.75, 3.05) is 12.3 Å². The molecular formula is C16H11FN4O2. The maximum absolute atomic E-state index is 14.0. The largest absolute Gasteiger partial charge is 0.493 e. The minimum absolute atomic E-state index is 0.00824. The molecule has 1 aliphatic heterocycles. The molecule has 6 nitrogen and oxygen atoms in total. The average Bonchev–Trinajstić information content (AvgIpc) is 2.53. The fourth-order valence-corrected chi connectivity index (χ4v) is 2.74. The Bertz CT molecular complexity index is 951. The molecule has 0 aliphatic carbocycles. The summed E-state index contributed by atoms with van der Waals surface area (Å²) in [6.45, 7) is 0.439. The van der Waals surface area contributed by atoms with E-state index in [1.807, 2.05) is 6.07 Å². The first-order valence-corrected chi connectivity index (χ1v) is 6.88.